The lowest BCUT2D eigenvalue weighted by Crippen LogP contribution is -1.92. The molecule has 2 aromatic rings. The van der Waals surface area contributed by atoms with E-state index < -0.39 is 0 Å². The zero-order chi connectivity index (χ0) is 8.55. The number of fused-ring (bicyclic) bond motifs is 1. The van der Waals surface area contributed by atoms with Crippen LogP contribution in [0, 0.1) is 6.92 Å². The lowest BCUT2D eigenvalue weighted by atomic mass is 10.3. The van der Waals surface area contributed by atoms with Crippen molar-refractivity contribution in [3.63, 3.8) is 0 Å². The Morgan fingerprint density at radius 2 is 2.25 bits per heavy atom. The smallest absolute Gasteiger partial charge is 0.201 e. The number of hydrogen-bond donors (Lipinski definition) is 0. The van der Waals surface area contributed by atoms with Gasteiger partial charge in [0.1, 0.15) is 0 Å². The zero-order valence-corrected chi connectivity index (χ0v) is 6.56. The van der Waals surface area contributed by atoms with Crippen molar-refractivity contribution in [2.75, 3.05) is 0 Å². The van der Waals surface area contributed by atoms with Gasteiger partial charge in [-0.3, -0.25) is 9.20 Å². The van der Waals surface area contributed by atoms with Crippen LogP contribution in [0.1, 0.15) is 16.2 Å². The maximum Gasteiger partial charge on any atom is 0.201 e. The summed E-state index contributed by atoms with van der Waals surface area (Å²) in [6.45, 7) is 1.95. The molecular formula is C8H7N3O. The maximum absolute atomic E-state index is 10.5. The van der Waals surface area contributed by atoms with Gasteiger partial charge in [-0.15, -0.1) is 10.2 Å². The summed E-state index contributed by atoms with van der Waals surface area (Å²) >= 11 is 0. The van der Waals surface area contributed by atoms with Gasteiger partial charge in [0.25, 0.3) is 0 Å². The Morgan fingerprint density at radius 1 is 1.42 bits per heavy atom. The van der Waals surface area contributed by atoms with Crippen LogP contribution in [-0.4, -0.2) is 20.9 Å². The van der Waals surface area contributed by atoms with E-state index in [2.05, 4.69) is 10.2 Å². The summed E-state index contributed by atoms with van der Waals surface area (Å²) < 4.78 is 1.67. The summed E-state index contributed by atoms with van der Waals surface area (Å²) in [7, 11) is 0. The van der Waals surface area contributed by atoms with Crippen molar-refractivity contribution in [3.8, 4) is 0 Å². The molecule has 0 N–H and O–H groups in total. The molecule has 0 aliphatic rings. The third kappa shape index (κ3) is 0.887. The second kappa shape index (κ2) is 2.41. The maximum atomic E-state index is 10.5. The first-order chi connectivity index (χ1) is 5.81. The largest absolute Gasteiger partial charge is 0.294 e. The molecule has 0 bridgehead atoms. The second-order valence-corrected chi connectivity index (χ2v) is 2.61. The topological polar surface area (TPSA) is 47.3 Å². The van der Waals surface area contributed by atoms with E-state index in [0.717, 1.165) is 5.56 Å². The van der Waals surface area contributed by atoms with E-state index in [4.69, 9.17) is 0 Å². The number of pyridine rings is 1. The molecule has 60 valence electrons. The van der Waals surface area contributed by atoms with Gasteiger partial charge >= 0.3 is 0 Å². The molecule has 0 fully saturated rings. The Labute approximate surface area is 68.8 Å². The van der Waals surface area contributed by atoms with E-state index in [0.29, 0.717) is 17.8 Å². The molecule has 4 heteroatoms. The molecule has 0 spiro atoms. The van der Waals surface area contributed by atoms with Gasteiger partial charge in [-0.1, -0.05) is 6.07 Å². The number of carbonyl (C=O) groups is 1. The van der Waals surface area contributed by atoms with Crippen LogP contribution < -0.4 is 0 Å². The molecule has 4 nitrogen and oxygen atoms in total. The first-order valence-electron chi connectivity index (χ1n) is 3.58. The molecule has 12 heavy (non-hydrogen) atoms. The predicted octanol–water partition coefficient (Wildman–Crippen LogP) is 0.850. The van der Waals surface area contributed by atoms with E-state index in [-0.39, 0.29) is 0 Å². The summed E-state index contributed by atoms with van der Waals surface area (Å²) in [5, 5.41) is 7.51. The number of aryl methyl sites for hydroxylation is 1. The SMILES string of the molecule is Cc1ccc2nnc(C=O)n2c1. The lowest BCUT2D eigenvalue weighted by Gasteiger charge is -1.94. The van der Waals surface area contributed by atoms with Crippen molar-refractivity contribution in [1.29, 1.82) is 0 Å². The molecule has 0 aliphatic carbocycles. The molecular weight excluding hydrogens is 154 g/mol. The number of rotatable bonds is 1. The quantitative estimate of drug-likeness (QED) is 0.582. The van der Waals surface area contributed by atoms with Gasteiger partial charge < -0.3 is 0 Å². The van der Waals surface area contributed by atoms with Crippen LogP contribution in [0.15, 0.2) is 18.3 Å². The third-order valence-electron chi connectivity index (χ3n) is 1.68. The Morgan fingerprint density at radius 3 is 3.00 bits per heavy atom. The Hall–Kier alpha value is -1.71. The standard InChI is InChI=1S/C8H7N3O/c1-6-2-3-7-9-10-8(5-12)11(7)4-6/h2-5H,1H3. The van der Waals surface area contributed by atoms with Crippen LogP contribution in [-0.2, 0) is 0 Å². The summed E-state index contributed by atoms with van der Waals surface area (Å²) in [5.74, 6) is 0.341. The van der Waals surface area contributed by atoms with Gasteiger partial charge in [-0.2, -0.15) is 0 Å². The van der Waals surface area contributed by atoms with Gasteiger partial charge in [-0.25, -0.2) is 0 Å². The highest BCUT2D eigenvalue weighted by atomic mass is 16.1. The van der Waals surface area contributed by atoms with Crippen molar-refractivity contribution in [2.45, 2.75) is 6.92 Å². The molecule has 0 radical (unpaired) electrons. The average Bonchev–Trinajstić information content (AvgIpc) is 2.46. The van der Waals surface area contributed by atoms with Gasteiger partial charge in [0.15, 0.2) is 11.9 Å². The fraction of sp³-hybridized carbons (Fsp3) is 0.125. The van der Waals surface area contributed by atoms with Gasteiger partial charge in [0.2, 0.25) is 5.82 Å². The number of aromatic nitrogens is 3. The normalized spacial score (nSPS) is 10.4. The first kappa shape index (κ1) is 6.97. The predicted molar refractivity (Wildman–Crippen MR) is 43.1 cm³/mol. The van der Waals surface area contributed by atoms with E-state index in [1.54, 1.807) is 4.40 Å². The average molecular weight is 161 g/mol. The molecule has 0 saturated heterocycles. The van der Waals surface area contributed by atoms with Crippen LogP contribution in [0.3, 0.4) is 0 Å². The Bertz CT molecular complexity index is 433. The van der Waals surface area contributed by atoms with Crippen molar-refractivity contribution in [2.24, 2.45) is 0 Å². The fourth-order valence-electron chi connectivity index (χ4n) is 1.10. The summed E-state index contributed by atoms with van der Waals surface area (Å²) in [4.78, 5) is 10.5. The minimum atomic E-state index is 0.341. The van der Waals surface area contributed by atoms with E-state index in [9.17, 15) is 4.79 Å². The van der Waals surface area contributed by atoms with Crippen molar-refractivity contribution < 1.29 is 4.79 Å². The zero-order valence-electron chi connectivity index (χ0n) is 6.56. The van der Waals surface area contributed by atoms with Crippen molar-refractivity contribution in [3.05, 3.63) is 29.7 Å². The fourth-order valence-corrected chi connectivity index (χ4v) is 1.10. The molecule has 0 aromatic carbocycles. The molecule has 0 aliphatic heterocycles. The van der Waals surface area contributed by atoms with E-state index in [1.807, 2.05) is 25.3 Å². The Kier molecular flexibility index (Phi) is 1.40. The summed E-state index contributed by atoms with van der Waals surface area (Å²) in [6, 6.07) is 3.76. The highest BCUT2D eigenvalue weighted by Gasteiger charge is 2.01. The van der Waals surface area contributed by atoms with Crippen LogP contribution in [0.2, 0.25) is 0 Å². The van der Waals surface area contributed by atoms with E-state index in [1.165, 1.54) is 0 Å². The molecule has 0 saturated carbocycles. The molecule has 0 amide bonds. The van der Waals surface area contributed by atoms with Gasteiger partial charge in [-0.05, 0) is 18.6 Å². The van der Waals surface area contributed by atoms with Crippen LogP contribution >= 0.6 is 0 Å². The summed E-state index contributed by atoms with van der Waals surface area (Å²) in [6.07, 6.45) is 2.53. The number of hydrogen-bond acceptors (Lipinski definition) is 3. The number of nitrogens with zero attached hydrogens (tertiary/aromatic N) is 3. The molecule has 2 heterocycles. The molecule has 0 atom stereocenters. The molecule has 0 unspecified atom stereocenters. The number of carbonyl (C=O) groups excluding carboxylic acids is 1. The monoisotopic (exact) mass is 161 g/mol. The molecule has 2 aromatic heterocycles. The minimum absolute atomic E-state index is 0.341. The Balaban J connectivity index is 2.83. The number of aldehydes is 1. The minimum Gasteiger partial charge on any atom is -0.294 e. The van der Waals surface area contributed by atoms with Crippen LogP contribution in [0.5, 0.6) is 0 Å². The lowest BCUT2D eigenvalue weighted by molar-refractivity contribution is 0.111. The van der Waals surface area contributed by atoms with Crippen LogP contribution in [0.4, 0.5) is 0 Å². The van der Waals surface area contributed by atoms with Crippen LogP contribution in [0.25, 0.3) is 5.65 Å². The van der Waals surface area contributed by atoms with E-state index >= 15 is 0 Å². The third-order valence-corrected chi connectivity index (χ3v) is 1.68. The highest BCUT2D eigenvalue weighted by molar-refractivity contribution is 5.70. The van der Waals surface area contributed by atoms with Gasteiger partial charge in [0.05, 0.1) is 0 Å². The first-order valence-corrected chi connectivity index (χ1v) is 3.58. The highest BCUT2D eigenvalue weighted by Crippen LogP contribution is 2.04. The summed E-state index contributed by atoms with van der Waals surface area (Å²) in [5.41, 5.74) is 1.77. The van der Waals surface area contributed by atoms with Crippen molar-refractivity contribution >= 4 is 11.9 Å². The van der Waals surface area contributed by atoms with Gasteiger partial charge in [0, 0.05) is 6.20 Å². The van der Waals surface area contributed by atoms with Crippen molar-refractivity contribution in [1.82, 2.24) is 14.6 Å². The second-order valence-electron chi connectivity index (χ2n) is 2.61. The molecule has 2 rings (SSSR count).